The maximum absolute atomic E-state index is 10.0. The normalized spacial score (nSPS) is 12.7. The van der Waals surface area contributed by atoms with Crippen molar-refractivity contribution in [3.63, 3.8) is 0 Å². The average Bonchev–Trinajstić information content (AvgIpc) is 2.52. The fourth-order valence-electron chi connectivity index (χ4n) is 2.30. The lowest BCUT2D eigenvalue weighted by atomic mass is 9.86. The van der Waals surface area contributed by atoms with Crippen molar-refractivity contribution in [1.29, 1.82) is 0 Å². The van der Waals surface area contributed by atoms with Gasteiger partial charge in [0.25, 0.3) is 0 Å². The Bertz CT molecular complexity index is 627. The van der Waals surface area contributed by atoms with Crippen molar-refractivity contribution < 1.29 is 9.84 Å². The first kappa shape index (κ1) is 18.0. The number of rotatable bonds is 6. The number of hydrogen-bond donors (Lipinski definition) is 3. The highest BCUT2D eigenvalue weighted by atomic mass is 127. The molecule has 0 heterocycles. The van der Waals surface area contributed by atoms with Crippen molar-refractivity contribution in [2.75, 3.05) is 8.85 Å². The second-order valence-electron chi connectivity index (χ2n) is 6.40. The van der Waals surface area contributed by atoms with Crippen LogP contribution in [0.1, 0.15) is 31.9 Å². The zero-order chi connectivity index (χ0) is 16.9. The van der Waals surface area contributed by atoms with Crippen molar-refractivity contribution in [2.24, 2.45) is 0 Å². The number of benzene rings is 2. The van der Waals surface area contributed by atoms with Crippen LogP contribution in [0.4, 0.5) is 11.4 Å². The van der Waals surface area contributed by atoms with Gasteiger partial charge in [0.2, 0.25) is 6.41 Å². The van der Waals surface area contributed by atoms with Gasteiger partial charge in [-0.05, 0) is 28.7 Å². The van der Waals surface area contributed by atoms with E-state index in [9.17, 15) is 5.11 Å². The molecular formula is C18H23IN2O2. The van der Waals surface area contributed by atoms with Crippen LogP contribution in [0.25, 0.3) is 0 Å². The summed E-state index contributed by atoms with van der Waals surface area (Å²) in [6, 6.07) is 15.8. The lowest BCUT2D eigenvalue weighted by molar-refractivity contribution is -0.0871. The quantitative estimate of drug-likeness (QED) is 0.358. The molecule has 2 rings (SSSR count). The van der Waals surface area contributed by atoms with Crippen LogP contribution in [0.3, 0.4) is 0 Å². The lowest BCUT2D eigenvalue weighted by Gasteiger charge is -2.23. The number of aliphatic hydroxyl groups excluding tert-OH is 1. The molecule has 0 amide bonds. The summed E-state index contributed by atoms with van der Waals surface area (Å²) in [5, 5.41) is 13.0. The molecule has 23 heavy (non-hydrogen) atoms. The van der Waals surface area contributed by atoms with E-state index in [1.807, 2.05) is 42.5 Å². The van der Waals surface area contributed by atoms with Crippen LogP contribution in [0, 0.1) is 0 Å². The summed E-state index contributed by atoms with van der Waals surface area (Å²) in [6.07, 6.45) is -1.06. The molecule has 0 spiro atoms. The molecule has 0 bridgehead atoms. The molecule has 0 aromatic heterocycles. The average molecular weight is 426 g/mol. The van der Waals surface area contributed by atoms with E-state index in [4.69, 9.17) is 4.74 Å². The smallest absolute Gasteiger partial charge is 0.235 e. The third kappa shape index (κ3) is 5.37. The van der Waals surface area contributed by atoms with Crippen LogP contribution in [-0.4, -0.2) is 11.5 Å². The molecule has 5 heteroatoms. The van der Waals surface area contributed by atoms with Gasteiger partial charge in [-0.3, -0.25) is 0 Å². The Morgan fingerprint density at radius 1 is 1.13 bits per heavy atom. The highest BCUT2D eigenvalue weighted by Crippen LogP contribution is 2.32. The fourth-order valence-corrected chi connectivity index (χ4v) is 2.75. The third-order valence-corrected chi connectivity index (χ3v) is 4.05. The minimum Gasteiger partial charge on any atom is -0.351 e. The molecule has 124 valence electrons. The second-order valence-corrected chi connectivity index (χ2v) is 6.94. The first-order valence-electron chi connectivity index (χ1n) is 7.51. The maximum atomic E-state index is 10.0. The molecule has 0 aliphatic heterocycles. The Labute approximate surface area is 151 Å². The molecule has 1 unspecified atom stereocenters. The molecule has 0 saturated heterocycles. The van der Waals surface area contributed by atoms with E-state index < -0.39 is 6.41 Å². The summed E-state index contributed by atoms with van der Waals surface area (Å²) >= 11 is 2.12. The molecule has 4 nitrogen and oxygen atoms in total. The van der Waals surface area contributed by atoms with Gasteiger partial charge in [0.1, 0.15) is 0 Å². The zero-order valence-corrected chi connectivity index (χ0v) is 15.8. The van der Waals surface area contributed by atoms with Gasteiger partial charge in [0.15, 0.2) is 0 Å². The molecular weight excluding hydrogens is 403 g/mol. The summed E-state index contributed by atoms with van der Waals surface area (Å²) in [5.41, 5.74) is 4.12. The molecule has 2 aromatic carbocycles. The minimum atomic E-state index is -1.06. The topological polar surface area (TPSA) is 53.5 Å². The molecule has 2 aromatic rings. The Balaban J connectivity index is 1.99. The number of aliphatic hydroxyl groups is 1. The van der Waals surface area contributed by atoms with E-state index in [2.05, 4.69) is 58.5 Å². The number of nitrogens with one attached hydrogen (secondary N) is 2. The molecule has 0 radical (unpaired) electrons. The standard InChI is InChI=1S/C18H23IN2O2/c1-18(2,3)15-10-9-14(11-16(15)21-19)20-17(22)23-12-13-7-5-4-6-8-13/h4-11,17,20-22H,12H2,1-3H3. The van der Waals surface area contributed by atoms with Gasteiger partial charge in [-0.25, -0.2) is 0 Å². The van der Waals surface area contributed by atoms with Crippen molar-refractivity contribution in [2.45, 2.75) is 39.2 Å². The van der Waals surface area contributed by atoms with Gasteiger partial charge in [-0.15, -0.1) is 0 Å². The van der Waals surface area contributed by atoms with E-state index in [1.54, 1.807) is 0 Å². The van der Waals surface area contributed by atoms with Crippen LogP contribution >= 0.6 is 22.9 Å². The first-order valence-corrected chi connectivity index (χ1v) is 8.59. The predicted octanol–water partition coefficient (Wildman–Crippen LogP) is 4.65. The fraction of sp³-hybridized carbons (Fsp3) is 0.333. The summed E-state index contributed by atoms with van der Waals surface area (Å²) in [4.78, 5) is 0. The SMILES string of the molecule is CC(C)(C)c1ccc(NC(O)OCc2ccccc2)cc1NI. The van der Waals surface area contributed by atoms with Gasteiger partial charge in [0, 0.05) is 11.4 Å². The number of ether oxygens (including phenoxy) is 1. The van der Waals surface area contributed by atoms with E-state index in [0.717, 1.165) is 16.9 Å². The van der Waals surface area contributed by atoms with E-state index in [-0.39, 0.29) is 5.41 Å². The van der Waals surface area contributed by atoms with Crippen LogP contribution in [0.5, 0.6) is 0 Å². The summed E-state index contributed by atoms with van der Waals surface area (Å²) in [6.45, 7) is 6.87. The highest BCUT2D eigenvalue weighted by molar-refractivity contribution is 14.1. The summed E-state index contributed by atoms with van der Waals surface area (Å²) < 4.78 is 8.61. The zero-order valence-electron chi connectivity index (χ0n) is 13.6. The molecule has 0 aliphatic rings. The van der Waals surface area contributed by atoms with Gasteiger partial charge in [-0.1, -0.05) is 57.2 Å². The first-order chi connectivity index (χ1) is 10.9. The molecule has 3 N–H and O–H groups in total. The Morgan fingerprint density at radius 2 is 1.83 bits per heavy atom. The van der Waals surface area contributed by atoms with Gasteiger partial charge in [-0.2, -0.15) is 0 Å². The van der Waals surface area contributed by atoms with Crippen LogP contribution in [-0.2, 0) is 16.8 Å². The van der Waals surface area contributed by atoms with Gasteiger partial charge < -0.3 is 18.7 Å². The Kier molecular flexibility index (Phi) is 6.26. The van der Waals surface area contributed by atoms with E-state index in [0.29, 0.717) is 6.61 Å². The molecule has 0 fully saturated rings. The predicted molar refractivity (Wildman–Crippen MR) is 104 cm³/mol. The Morgan fingerprint density at radius 3 is 2.43 bits per heavy atom. The van der Waals surface area contributed by atoms with E-state index in [1.165, 1.54) is 5.56 Å². The number of halogens is 1. The summed E-state index contributed by atoms with van der Waals surface area (Å²) in [7, 11) is 0. The largest absolute Gasteiger partial charge is 0.351 e. The summed E-state index contributed by atoms with van der Waals surface area (Å²) in [5.74, 6) is 0. The van der Waals surface area contributed by atoms with Crippen molar-refractivity contribution in [3.05, 3.63) is 59.7 Å². The van der Waals surface area contributed by atoms with Crippen LogP contribution < -0.4 is 8.85 Å². The highest BCUT2D eigenvalue weighted by Gasteiger charge is 2.18. The van der Waals surface area contributed by atoms with Gasteiger partial charge in [0.05, 0.1) is 29.5 Å². The van der Waals surface area contributed by atoms with Crippen molar-refractivity contribution in [1.82, 2.24) is 0 Å². The molecule has 1 atom stereocenters. The van der Waals surface area contributed by atoms with Crippen LogP contribution in [0.15, 0.2) is 48.5 Å². The minimum absolute atomic E-state index is 0.0501. The van der Waals surface area contributed by atoms with Crippen molar-refractivity contribution in [3.8, 4) is 0 Å². The van der Waals surface area contributed by atoms with Gasteiger partial charge >= 0.3 is 0 Å². The number of hydrogen-bond acceptors (Lipinski definition) is 4. The maximum Gasteiger partial charge on any atom is 0.235 e. The Hall–Kier alpha value is -1.31. The third-order valence-electron chi connectivity index (χ3n) is 3.47. The molecule has 0 saturated carbocycles. The van der Waals surface area contributed by atoms with E-state index >= 15 is 0 Å². The number of anilines is 2. The van der Waals surface area contributed by atoms with Crippen LogP contribution in [0.2, 0.25) is 0 Å². The molecule has 0 aliphatic carbocycles. The monoisotopic (exact) mass is 426 g/mol. The van der Waals surface area contributed by atoms with Crippen molar-refractivity contribution >= 4 is 34.2 Å². The lowest BCUT2D eigenvalue weighted by Crippen LogP contribution is -2.22. The second kappa shape index (κ2) is 7.99.